The summed E-state index contributed by atoms with van der Waals surface area (Å²) in [4.78, 5) is 12.4. The highest BCUT2D eigenvalue weighted by atomic mass is 32.2. The van der Waals surface area contributed by atoms with Gasteiger partial charge in [-0.1, -0.05) is 6.07 Å². The molecular weight excluding hydrogens is 220 g/mol. The molecule has 0 saturated heterocycles. The first kappa shape index (κ1) is 11.5. The topological polar surface area (TPSA) is 26.3 Å². The number of Topliss-reactive ketones (excluding diaryl/α,β-unsaturated/α-hetero) is 1. The zero-order valence-corrected chi connectivity index (χ0v) is 10.9. The maximum atomic E-state index is 12.4. The van der Waals surface area contributed by atoms with Crippen LogP contribution < -0.4 is 4.74 Å². The normalized spacial score (nSPS) is 18.1. The third kappa shape index (κ3) is 1.63. The van der Waals surface area contributed by atoms with Crippen LogP contribution in [0.4, 0.5) is 0 Å². The fourth-order valence-electron chi connectivity index (χ4n) is 2.02. The Hall–Kier alpha value is -0.960. The lowest BCUT2D eigenvalue weighted by Gasteiger charge is -2.31. The lowest BCUT2D eigenvalue weighted by atomic mass is 9.91. The maximum absolute atomic E-state index is 12.4. The molecular formula is C13H16O2S. The number of carbonyl (C=O) groups excluding carboxylic acids is 1. The number of ketones is 1. The number of rotatable bonds is 1. The van der Waals surface area contributed by atoms with Crippen LogP contribution in [0.3, 0.4) is 0 Å². The number of thioether (sulfide) groups is 1. The monoisotopic (exact) mass is 236 g/mol. The number of methoxy groups -OCH3 is 1. The Labute approximate surface area is 100 Å². The van der Waals surface area contributed by atoms with Crippen LogP contribution in [0, 0.1) is 6.92 Å². The van der Waals surface area contributed by atoms with E-state index < -0.39 is 0 Å². The predicted octanol–water partition coefficient (Wildman–Crippen LogP) is 3.21. The molecule has 0 unspecified atom stereocenters. The summed E-state index contributed by atoms with van der Waals surface area (Å²) in [5, 5.41) is 0. The van der Waals surface area contributed by atoms with Gasteiger partial charge in [-0.3, -0.25) is 4.79 Å². The molecule has 3 heteroatoms. The summed E-state index contributed by atoms with van der Waals surface area (Å²) in [6.07, 6.45) is 0. The summed E-state index contributed by atoms with van der Waals surface area (Å²) in [5.74, 6) is 1.89. The summed E-state index contributed by atoms with van der Waals surface area (Å²) in [5.41, 5.74) is 2.97. The molecule has 0 saturated carbocycles. The molecule has 2 nitrogen and oxygen atoms in total. The van der Waals surface area contributed by atoms with Crippen molar-refractivity contribution in [1.82, 2.24) is 0 Å². The Morgan fingerprint density at radius 3 is 2.69 bits per heavy atom. The first-order valence-corrected chi connectivity index (χ1v) is 6.31. The van der Waals surface area contributed by atoms with Gasteiger partial charge in [0.15, 0.2) is 5.78 Å². The summed E-state index contributed by atoms with van der Waals surface area (Å²) in [6, 6.07) is 3.90. The lowest BCUT2D eigenvalue weighted by molar-refractivity contribution is 0.0954. The van der Waals surface area contributed by atoms with E-state index in [-0.39, 0.29) is 10.5 Å². The highest BCUT2D eigenvalue weighted by Crippen LogP contribution is 2.42. The number of carbonyl (C=O) groups is 1. The Kier molecular flexibility index (Phi) is 2.74. The zero-order valence-electron chi connectivity index (χ0n) is 10.1. The number of hydrogen-bond donors (Lipinski definition) is 0. The van der Waals surface area contributed by atoms with Gasteiger partial charge in [-0.15, -0.1) is 11.8 Å². The van der Waals surface area contributed by atoms with Crippen molar-refractivity contribution < 1.29 is 9.53 Å². The Balaban J connectivity index is 2.64. The second kappa shape index (κ2) is 3.81. The van der Waals surface area contributed by atoms with Crippen molar-refractivity contribution in [3.63, 3.8) is 0 Å². The molecule has 0 radical (unpaired) electrons. The molecule has 0 N–H and O–H groups in total. The molecule has 1 aliphatic heterocycles. The SMILES string of the molecule is COc1ccc(C)c2c1CSC(C)(C)C2=O. The molecule has 0 aromatic heterocycles. The van der Waals surface area contributed by atoms with Crippen molar-refractivity contribution in [2.45, 2.75) is 31.3 Å². The van der Waals surface area contributed by atoms with Crippen LogP contribution in [0.5, 0.6) is 5.75 Å². The largest absolute Gasteiger partial charge is 0.496 e. The van der Waals surface area contributed by atoms with Gasteiger partial charge in [0.05, 0.1) is 11.9 Å². The zero-order chi connectivity index (χ0) is 11.9. The van der Waals surface area contributed by atoms with E-state index in [0.29, 0.717) is 0 Å². The van der Waals surface area contributed by atoms with Crippen molar-refractivity contribution in [3.8, 4) is 5.75 Å². The molecule has 1 heterocycles. The van der Waals surface area contributed by atoms with Gasteiger partial charge in [-0.25, -0.2) is 0 Å². The van der Waals surface area contributed by atoms with E-state index >= 15 is 0 Å². The number of hydrogen-bond acceptors (Lipinski definition) is 3. The van der Waals surface area contributed by atoms with Gasteiger partial charge >= 0.3 is 0 Å². The number of ether oxygens (including phenoxy) is 1. The highest BCUT2D eigenvalue weighted by molar-refractivity contribution is 8.00. The van der Waals surface area contributed by atoms with Crippen LogP contribution in [0.15, 0.2) is 12.1 Å². The van der Waals surface area contributed by atoms with Gasteiger partial charge in [0.25, 0.3) is 0 Å². The van der Waals surface area contributed by atoms with Crippen molar-refractivity contribution in [1.29, 1.82) is 0 Å². The first-order chi connectivity index (χ1) is 7.47. The third-order valence-corrected chi connectivity index (χ3v) is 4.39. The quantitative estimate of drug-likeness (QED) is 0.749. The Morgan fingerprint density at radius 1 is 1.38 bits per heavy atom. The molecule has 0 atom stereocenters. The van der Waals surface area contributed by atoms with Crippen molar-refractivity contribution in [2.24, 2.45) is 0 Å². The maximum Gasteiger partial charge on any atom is 0.179 e. The van der Waals surface area contributed by atoms with E-state index in [2.05, 4.69) is 0 Å². The van der Waals surface area contributed by atoms with Crippen LogP contribution >= 0.6 is 11.8 Å². The molecule has 1 aromatic carbocycles. The summed E-state index contributed by atoms with van der Waals surface area (Å²) >= 11 is 1.68. The minimum absolute atomic E-state index is 0.218. The van der Waals surface area contributed by atoms with Gasteiger partial charge in [0, 0.05) is 16.9 Å². The van der Waals surface area contributed by atoms with Crippen molar-refractivity contribution >= 4 is 17.5 Å². The van der Waals surface area contributed by atoms with E-state index in [1.165, 1.54) is 0 Å². The summed E-state index contributed by atoms with van der Waals surface area (Å²) in [7, 11) is 1.65. The van der Waals surface area contributed by atoms with Crippen molar-refractivity contribution in [2.75, 3.05) is 7.11 Å². The molecule has 1 aromatic rings. The molecule has 2 rings (SSSR count). The fourth-order valence-corrected chi connectivity index (χ4v) is 3.04. The van der Waals surface area contributed by atoms with E-state index in [1.54, 1.807) is 18.9 Å². The van der Waals surface area contributed by atoms with Gasteiger partial charge < -0.3 is 4.74 Å². The minimum atomic E-state index is -0.315. The minimum Gasteiger partial charge on any atom is -0.496 e. The van der Waals surface area contributed by atoms with Crippen molar-refractivity contribution in [3.05, 3.63) is 28.8 Å². The average molecular weight is 236 g/mol. The van der Waals surface area contributed by atoms with Gasteiger partial charge in [0.2, 0.25) is 0 Å². The molecule has 0 amide bonds. The van der Waals surface area contributed by atoms with E-state index in [0.717, 1.165) is 28.2 Å². The van der Waals surface area contributed by atoms with Gasteiger partial charge in [-0.05, 0) is 32.4 Å². The second-order valence-electron chi connectivity index (χ2n) is 4.57. The average Bonchev–Trinajstić information content (AvgIpc) is 2.24. The summed E-state index contributed by atoms with van der Waals surface area (Å²) < 4.78 is 5.00. The third-order valence-electron chi connectivity index (χ3n) is 3.05. The number of benzene rings is 1. The van der Waals surface area contributed by atoms with E-state index in [9.17, 15) is 4.79 Å². The molecule has 0 aliphatic carbocycles. The smallest absolute Gasteiger partial charge is 0.179 e. The predicted molar refractivity (Wildman–Crippen MR) is 67.4 cm³/mol. The lowest BCUT2D eigenvalue weighted by Crippen LogP contribution is -2.33. The first-order valence-electron chi connectivity index (χ1n) is 5.32. The second-order valence-corrected chi connectivity index (χ2v) is 6.16. The standard InChI is InChI=1S/C13H16O2S/c1-8-5-6-10(15-4)9-7-16-13(2,3)12(14)11(8)9/h5-6H,7H2,1-4H3. The summed E-state index contributed by atoms with van der Waals surface area (Å²) in [6.45, 7) is 5.96. The Morgan fingerprint density at radius 2 is 2.06 bits per heavy atom. The molecule has 0 fully saturated rings. The van der Waals surface area contributed by atoms with Crippen LogP contribution in [0.2, 0.25) is 0 Å². The van der Waals surface area contributed by atoms with Crippen LogP contribution in [-0.2, 0) is 5.75 Å². The molecule has 16 heavy (non-hydrogen) atoms. The molecule has 0 spiro atoms. The van der Waals surface area contributed by atoms with Gasteiger partial charge in [0.1, 0.15) is 5.75 Å². The van der Waals surface area contributed by atoms with Crippen LogP contribution in [0.1, 0.15) is 35.3 Å². The van der Waals surface area contributed by atoms with E-state index in [4.69, 9.17) is 4.74 Å². The number of fused-ring (bicyclic) bond motifs is 1. The van der Waals surface area contributed by atoms with Crippen LogP contribution in [0.25, 0.3) is 0 Å². The Bertz CT molecular complexity index is 449. The van der Waals surface area contributed by atoms with Gasteiger partial charge in [-0.2, -0.15) is 0 Å². The highest BCUT2D eigenvalue weighted by Gasteiger charge is 2.37. The number of aryl methyl sites for hydroxylation is 1. The molecule has 0 bridgehead atoms. The van der Waals surface area contributed by atoms with Crippen LogP contribution in [-0.4, -0.2) is 17.6 Å². The van der Waals surface area contributed by atoms with E-state index in [1.807, 2.05) is 32.9 Å². The fraction of sp³-hybridized carbons (Fsp3) is 0.462. The molecule has 1 aliphatic rings. The molecule has 86 valence electrons.